The number of nitrogens with one attached hydrogen (secondary N) is 1. The lowest BCUT2D eigenvalue weighted by molar-refractivity contribution is -0.114. The standard InChI is InChI=1S/C19H21N5O4S/c1-5-6-9-29(26,27)16-11-24-19(17(16)20-3)22-18(23-24)13-7-8-15(28-4)14(10-13)21-12(2)25/h7-8,10H,5-6,9,11H2,1-2,4H3,(H,21,25). The second-order valence-corrected chi connectivity index (χ2v) is 8.70. The zero-order valence-corrected chi connectivity index (χ0v) is 17.2. The summed E-state index contributed by atoms with van der Waals surface area (Å²) < 4.78 is 31.8. The highest BCUT2D eigenvalue weighted by atomic mass is 32.2. The summed E-state index contributed by atoms with van der Waals surface area (Å²) in [6, 6.07) is 5.08. The van der Waals surface area contributed by atoms with Crippen molar-refractivity contribution < 1.29 is 17.9 Å². The van der Waals surface area contributed by atoms with Crippen LogP contribution in [0.2, 0.25) is 0 Å². The maximum Gasteiger partial charge on any atom is 0.246 e. The van der Waals surface area contributed by atoms with Crippen LogP contribution >= 0.6 is 0 Å². The van der Waals surface area contributed by atoms with Crippen molar-refractivity contribution in [1.82, 2.24) is 14.8 Å². The number of hydrogen-bond donors (Lipinski definition) is 1. The molecule has 29 heavy (non-hydrogen) atoms. The van der Waals surface area contributed by atoms with Crippen LogP contribution < -0.4 is 10.1 Å². The molecule has 0 atom stereocenters. The highest BCUT2D eigenvalue weighted by molar-refractivity contribution is 7.95. The lowest BCUT2D eigenvalue weighted by Crippen LogP contribution is -2.12. The summed E-state index contributed by atoms with van der Waals surface area (Å²) in [5, 5.41) is 7.07. The van der Waals surface area contributed by atoms with Gasteiger partial charge in [0.2, 0.25) is 11.6 Å². The number of aromatic nitrogens is 3. The van der Waals surface area contributed by atoms with Crippen LogP contribution in [0.4, 0.5) is 5.69 Å². The average Bonchev–Trinajstić information content (AvgIpc) is 3.24. The monoisotopic (exact) mass is 415 g/mol. The van der Waals surface area contributed by atoms with E-state index in [4.69, 9.17) is 11.3 Å². The van der Waals surface area contributed by atoms with Gasteiger partial charge in [0.25, 0.3) is 0 Å². The molecule has 2 heterocycles. The van der Waals surface area contributed by atoms with Crippen molar-refractivity contribution in [2.24, 2.45) is 0 Å². The van der Waals surface area contributed by atoms with E-state index in [-0.39, 0.29) is 34.6 Å². The van der Waals surface area contributed by atoms with Gasteiger partial charge in [-0.05, 0) is 24.6 Å². The summed E-state index contributed by atoms with van der Waals surface area (Å²) in [4.78, 5) is 19.3. The number of ether oxygens (including phenoxy) is 1. The van der Waals surface area contributed by atoms with Gasteiger partial charge in [-0.15, -0.1) is 0 Å². The molecule has 1 aromatic heterocycles. The molecule has 0 aliphatic carbocycles. The van der Waals surface area contributed by atoms with E-state index in [1.807, 2.05) is 6.92 Å². The molecule has 3 rings (SSSR count). The number of rotatable bonds is 7. The molecule has 0 fully saturated rings. The minimum absolute atomic E-state index is 0.000796. The Hall–Kier alpha value is -3.19. The molecule has 1 amide bonds. The lowest BCUT2D eigenvalue weighted by Gasteiger charge is -2.10. The molecular formula is C19H21N5O4S. The molecule has 2 aromatic rings. The van der Waals surface area contributed by atoms with Gasteiger partial charge in [0, 0.05) is 12.5 Å². The molecule has 0 spiro atoms. The first-order valence-corrected chi connectivity index (χ1v) is 10.7. The number of anilines is 1. The molecule has 1 aliphatic rings. The van der Waals surface area contributed by atoms with E-state index in [2.05, 4.69) is 20.2 Å². The second kappa shape index (κ2) is 8.05. The van der Waals surface area contributed by atoms with Crippen molar-refractivity contribution >= 4 is 27.1 Å². The zero-order valence-electron chi connectivity index (χ0n) is 16.4. The van der Waals surface area contributed by atoms with E-state index in [0.29, 0.717) is 29.2 Å². The second-order valence-electron chi connectivity index (χ2n) is 6.57. The number of allylic oxidation sites excluding steroid dienone is 1. The van der Waals surface area contributed by atoms with Gasteiger partial charge in [-0.1, -0.05) is 13.3 Å². The van der Waals surface area contributed by atoms with Crippen molar-refractivity contribution in [1.29, 1.82) is 0 Å². The maximum atomic E-state index is 12.6. The van der Waals surface area contributed by atoms with Crippen molar-refractivity contribution in [3.8, 4) is 17.1 Å². The highest BCUT2D eigenvalue weighted by Crippen LogP contribution is 2.34. The molecule has 0 saturated carbocycles. The molecule has 9 nitrogen and oxygen atoms in total. The molecule has 1 aliphatic heterocycles. The number of benzene rings is 1. The Labute approximate surface area is 169 Å². The quantitative estimate of drug-likeness (QED) is 0.697. The molecule has 0 unspecified atom stereocenters. The summed E-state index contributed by atoms with van der Waals surface area (Å²) in [5.41, 5.74) is 1.10. The Morgan fingerprint density at radius 3 is 2.79 bits per heavy atom. The van der Waals surface area contributed by atoms with Crippen LogP contribution in [-0.4, -0.2) is 42.0 Å². The van der Waals surface area contributed by atoms with Gasteiger partial charge < -0.3 is 10.1 Å². The Kier molecular flexibility index (Phi) is 5.70. The third kappa shape index (κ3) is 4.00. The van der Waals surface area contributed by atoms with Crippen LogP contribution in [-0.2, 0) is 21.2 Å². The van der Waals surface area contributed by atoms with Crippen LogP contribution in [0.25, 0.3) is 21.9 Å². The summed E-state index contributed by atoms with van der Waals surface area (Å²) >= 11 is 0. The first kappa shape index (κ1) is 20.5. The molecule has 0 bridgehead atoms. The molecule has 1 aromatic carbocycles. The fourth-order valence-electron chi connectivity index (χ4n) is 3.04. The summed E-state index contributed by atoms with van der Waals surface area (Å²) in [7, 11) is -2.03. The van der Waals surface area contributed by atoms with E-state index >= 15 is 0 Å². The van der Waals surface area contributed by atoms with Gasteiger partial charge in [-0.2, -0.15) is 5.10 Å². The predicted octanol–water partition coefficient (Wildman–Crippen LogP) is 2.73. The summed E-state index contributed by atoms with van der Waals surface area (Å²) in [6.07, 6.45) is 1.29. The van der Waals surface area contributed by atoms with Crippen LogP contribution in [0.15, 0.2) is 23.1 Å². The normalized spacial score (nSPS) is 13.2. The minimum atomic E-state index is -3.53. The average molecular weight is 415 g/mol. The van der Waals surface area contributed by atoms with Crippen LogP contribution in [0.5, 0.6) is 5.75 Å². The van der Waals surface area contributed by atoms with Gasteiger partial charge in [0.1, 0.15) is 5.75 Å². The van der Waals surface area contributed by atoms with Crippen molar-refractivity contribution in [3.63, 3.8) is 0 Å². The lowest BCUT2D eigenvalue weighted by atomic mass is 10.1. The largest absolute Gasteiger partial charge is 0.495 e. The first-order valence-electron chi connectivity index (χ1n) is 9.05. The van der Waals surface area contributed by atoms with Gasteiger partial charge in [0.05, 0.1) is 36.6 Å². The van der Waals surface area contributed by atoms with E-state index in [1.54, 1.807) is 18.2 Å². The van der Waals surface area contributed by atoms with Gasteiger partial charge in [0.15, 0.2) is 21.5 Å². The number of sulfone groups is 1. The number of nitrogens with zero attached hydrogens (tertiary/aromatic N) is 4. The molecule has 0 radical (unpaired) electrons. The Balaban J connectivity index is 2.00. The molecule has 0 saturated heterocycles. The SMILES string of the molecule is [C-]#[N+]C1=C(S(=O)(=O)CCCC)Cn2nc(-c3ccc(OC)c(NC(C)=O)c3)nc21. The zero-order chi connectivity index (χ0) is 21.2. The topological polar surface area (TPSA) is 108 Å². The van der Waals surface area contributed by atoms with Gasteiger partial charge >= 0.3 is 0 Å². The highest BCUT2D eigenvalue weighted by Gasteiger charge is 2.33. The van der Waals surface area contributed by atoms with Crippen molar-refractivity contribution in [2.75, 3.05) is 18.2 Å². The molecule has 1 N–H and O–H groups in total. The van der Waals surface area contributed by atoms with Crippen LogP contribution in [0.1, 0.15) is 32.5 Å². The van der Waals surface area contributed by atoms with E-state index in [9.17, 15) is 13.2 Å². The van der Waals surface area contributed by atoms with Crippen LogP contribution in [0.3, 0.4) is 0 Å². The Bertz CT molecular complexity index is 1140. The third-order valence-corrected chi connectivity index (χ3v) is 6.36. The number of amides is 1. The number of hydrogen-bond acceptors (Lipinski definition) is 6. The fraction of sp³-hybridized carbons (Fsp3) is 0.368. The van der Waals surface area contributed by atoms with Gasteiger partial charge in [-0.25, -0.2) is 18.2 Å². The van der Waals surface area contributed by atoms with Crippen molar-refractivity contribution in [3.05, 3.63) is 40.3 Å². The number of carbonyl (C=O) groups excluding carboxylic acids is 1. The van der Waals surface area contributed by atoms with Crippen molar-refractivity contribution in [2.45, 2.75) is 33.2 Å². The third-order valence-electron chi connectivity index (χ3n) is 4.46. The molecule has 10 heteroatoms. The molecular weight excluding hydrogens is 394 g/mol. The number of unbranched alkanes of at least 4 members (excludes halogenated alkanes) is 1. The summed E-state index contributed by atoms with van der Waals surface area (Å²) in [6.45, 7) is 10.8. The number of fused-ring (bicyclic) bond motifs is 1. The smallest absolute Gasteiger partial charge is 0.246 e. The number of methoxy groups -OCH3 is 1. The van der Waals surface area contributed by atoms with E-state index in [0.717, 1.165) is 6.42 Å². The Morgan fingerprint density at radius 2 is 2.17 bits per heavy atom. The van der Waals surface area contributed by atoms with Crippen LogP contribution in [0, 0.1) is 6.57 Å². The number of carbonyl (C=O) groups is 1. The predicted molar refractivity (Wildman–Crippen MR) is 109 cm³/mol. The van der Waals surface area contributed by atoms with E-state index in [1.165, 1.54) is 18.7 Å². The molecule has 152 valence electrons. The summed E-state index contributed by atoms with van der Waals surface area (Å²) in [5.74, 6) is 0.818. The Morgan fingerprint density at radius 1 is 1.41 bits per heavy atom. The fourth-order valence-corrected chi connectivity index (χ4v) is 4.70. The van der Waals surface area contributed by atoms with E-state index < -0.39 is 9.84 Å². The maximum absolute atomic E-state index is 12.6. The first-order chi connectivity index (χ1) is 13.8. The minimum Gasteiger partial charge on any atom is -0.495 e. The van der Waals surface area contributed by atoms with Gasteiger partial charge in [-0.3, -0.25) is 9.48 Å².